The van der Waals surface area contributed by atoms with E-state index in [1.807, 2.05) is 0 Å². The maximum Gasteiger partial charge on any atom is 0.123 e. The van der Waals surface area contributed by atoms with Crippen LogP contribution < -0.4 is 10.5 Å². The van der Waals surface area contributed by atoms with E-state index in [0.29, 0.717) is 11.6 Å². The van der Waals surface area contributed by atoms with Gasteiger partial charge in [-0.1, -0.05) is 59.0 Å². The highest BCUT2D eigenvalue weighted by Crippen LogP contribution is 2.32. The van der Waals surface area contributed by atoms with Crippen LogP contribution >= 0.6 is 12.2 Å². The van der Waals surface area contributed by atoms with Gasteiger partial charge in [0.05, 0.1) is 11.6 Å². The van der Waals surface area contributed by atoms with E-state index >= 15 is 0 Å². The van der Waals surface area contributed by atoms with Crippen molar-refractivity contribution >= 4 is 17.2 Å². The zero-order chi connectivity index (χ0) is 16.3. The van der Waals surface area contributed by atoms with Gasteiger partial charge in [-0.25, -0.2) is 0 Å². The molecule has 21 heavy (non-hydrogen) atoms. The van der Waals surface area contributed by atoms with Gasteiger partial charge in [0, 0.05) is 5.41 Å². The second-order valence-corrected chi connectivity index (χ2v) is 7.89. The number of ether oxygens (including phenoxy) is 1. The molecule has 0 radical (unpaired) electrons. The van der Waals surface area contributed by atoms with Gasteiger partial charge in [-0.15, -0.1) is 0 Å². The van der Waals surface area contributed by atoms with Crippen molar-refractivity contribution in [3.05, 3.63) is 29.3 Å². The molecule has 0 atom stereocenters. The molecule has 0 saturated carbocycles. The molecule has 1 aromatic carbocycles. The Balaban J connectivity index is 2.68. The second-order valence-electron chi connectivity index (χ2n) is 7.45. The van der Waals surface area contributed by atoms with Crippen LogP contribution in [0.1, 0.15) is 58.6 Å². The van der Waals surface area contributed by atoms with E-state index in [9.17, 15) is 0 Å². The topological polar surface area (TPSA) is 35.2 Å². The Morgan fingerprint density at radius 3 is 2.33 bits per heavy atom. The molecule has 0 saturated heterocycles. The number of aryl methyl sites for hydroxylation is 1. The van der Waals surface area contributed by atoms with E-state index in [1.54, 1.807) is 0 Å². The molecule has 0 heterocycles. The monoisotopic (exact) mass is 307 g/mol. The third-order valence-corrected chi connectivity index (χ3v) is 4.37. The summed E-state index contributed by atoms with van der Waals surface area (Å²) >= 11 is 5.10. The van der Waals surface area contributed by atoms with Crippen molar-refractivity contribution in [2.45, 2.75) is 59.8 Å². The summed E-state index contributed by atoms with van der Waals surface area (Å²) in [5.41, 5.74) is 8.22. The number of hydrogen-bond donors (Lipinski definition) is 1. The SMILES string of the molecule is Cc1ccc(C(C)(C)C)c(OCCCC(C)(C)C(N)=S)c1. The predicted molar refractivity (Wildman–Crippen MR) is 95.2 cm³/mol. The highest BCUT2D eigenvalue weighted by molar-refractivity contribution is 7.80. The Bertz CT molecular complexity index is 500. The molecular formula is C18H29NOS. The lowest BCUT2D eigenvalue weighted by atomic mass is 9.86. The van der Waals surface area contributed by atoms with Gasteiger partial charge in [0.1, 0.15) is 5.75 Å². The molecule has 1 rings (SSSR count). The summed E-state index contributed by atoms with van der Waals surface area (Å²) in [4.78, 5) is 0.577. The van der Waals surface area contributed by atoms with Crippen molar-refractivity contribution in [2.75, 3.05) is 6.61 Å². The molecule has 2 N–H and O–H groups in total. The minimum atomic E-state index is -0.0991. The summed E-state index contributed by atoms with van der Waals surface area (Å²) in [6, 6.07) is 6.44. The normalized spacial score (nSPS) is 12.3. The molecule has 1 aromatic rings. The average Bonchev–Trinajstić information content (AvgIpc) is 2.33. The Kier molecular flexibility index (Phi) is 5.80. The van der Waals surface area contributed by atoms with Gasteiger partial charge in [-0.2, -0.15) is 0 Å². The largest absolute Gasteiger partial charge is 0.493 e. The Labute approximate surface area is 135 Å². The van der Waals surface area contributed by atoms with Crippen LogP contribution in [0, 0.1) is 12.3 Å². The van der Waals surface area contributed by atoms with Crippen LogP contribution in [0.15, 0.2) is 18.2 Å². The van der Waals surface area contributed by atoms with Crippen molar-refractivity contribution < 1.29 is 4.74 Å². The number of hydrogen-bond acceptors (Lipinski definition) is 2. The summed E-state index contributed by atoms with van der Waals surface area (Å²) in [6.07, 6.45) is 1.89. The molecule has 0 aromatic heterocycles. The molecule has 0 spiro atoms. The van der Waals surface area contributed by atoms with E-state index in [0.717, 1.165) is 18.6 Å². The number of nitrogens with two attached hydrogens (primary N) is 1. The van der Waals surface area contributed by atoms with E-state index in [1.165, 1.54) is 11.1 Å². The molecule has 0 aliphatic rings. The number of rotatable bonds is 6. The lowest BCUT2D eigenvalue weighted by Crippen LogP contribution is -2.30. The molecule has 0 fully saturated rings. The van der Waals surface area contributed by atoms with Crippen LogP contribution in [-0.4, -0.2) is 11.6 Å². The van der Waals surface area contributed by atoms with Gasteiger partial charge in [-0.3, -0.25) is 0 Å². The Hall–Kier alpha value is -1.09. The second kappa shape index (κ2) is 6.78. The van der Waals surface area contributed by atoms with E-state index in [2.05, 4.69) is 59.7 Å². The van der Waals surface area contributed by atoms with Gasteiger partial charge in [0.25, 0.3) is 0 Å². The quantitative estimate of drug-likeness (QED) is 0.607. The zero-order valence-corrected chi connectivity index (χ0v) is 15.1. The highest BCUT2D eigenvalue weighted by atomic mass is 32.1. The first-order chi connectivity index (χ1) is 9.54. The molecule has 0 amide bonds. The zero-order valence-electron chi connectivity index (χ0n) is 14.2. The van der Waals surface area contributed by atoms with Crippen molar-refractivity contribution in [2.24, 2.45) is 11.1 Å². The molecule has 0 aliphatic heterocycles. The van der Waals surface area contributed by atoms with Crippen LogP contribution in [-0.2, 0) is 5.41 Å². The summed E-state index contributed by atoms with van der Waals surface area (Å²) < 4.78 is 6.04. The summed E-state index contributed by atoms with van der Waals surface area (Å²) in [6.45, 7) is 13.6. The van der Waals surface area contributed by atoms with Crippen molar-refractivity contribution in [1.82, 2.24) is 0 Å². The minimum absolute atomic E-state index is 0.0845. The Morgan fingerprint density at radius 2 is 1.81 bits per heavy atom. The van der Waals surface area contributed by atoms with E-state index in [-0.39, 0.29) is 10.8 Å². The highest BCUT2D eigenvalue weighted by Gasteiger charge is 2.21. The minimum Gasteiger partial charge on any atom is -0.493 e. The van der Waals surface area contributed by atoms with Crippen molar-refractivity contribution in [3.8, 4) is 5.75 Å². The fourth-order valence-corrected chi connectivity index (χ4v) is 2.29. The van der Waals surface area contributed by atoms with Gasteiger partial charge in [-0.05, 0) is 42.4 Å². The lowest BCUT2D eigenvalue weighted by molar-refractivity contribution is 0.281. The molecule has 0 bridgehead atoms. The third kappa shape index (κ3) is 5.31. The molecule has 118 valence electrons. The molecular weight excluding hydrogens is 278 g/mol. The standard InChI is InChI=1S/C18H29NOS/c1-13-8-9-14(17(2,3)4)15(12-13)20-11-7-10-18(5,6)16(19)21/h8-9,12H,7,10-11H2,1-6H3,(H2,19,21). The molecule has 2 nitrogen and oxygen atoms in total. The fraction of sp³-hybridized carbons (Fsp3) is 0.611. The summed E-state index contributed by atoms with van der Waals surface area (Å²) in [5.74, 6) is 0.996. The first kappa shape index (κ1) is 18.0. The summed E-state index contributed by atoms with van der Waals surface area (Å²) in [5, 5.41) is 0. The van der Waals surface area contributed by atoms with Crippen molar-refractivity contribution in [3.63, 3.8) is 0 Å². The van der Waals surface area contributed by atoms with Gasteiger partial charge in [0.2, 0.25) is 0 Å². The number of benzene rings is 1. The van der Waals surface area contributed by atoms with Crippen LogP contribution in [0.2, 0.25) is 0 Å². The first-order valence-corrected chi connectivity index (χ1v) is 7.99. The maximum atomic E-state index is 6.04. The van der Waals surface area contributed by atoms with Gasteiger partial charge in [0.15, 0.2) is 0 Å². The molecule has 3 heteroatoms. The van der Waals surface area contributed by atoms with Crippen LogP contribution in [0.4, 0.5) is 0 Å². The smallest absolute Gasteiger partial charge is 0.123 e. The molecule has 0 unspecified atom stereocenters. The van der Waals surface area contributed by atoms with Crippen LogP contribution in [0.3, 0.4) is 0 Å². The molecule has 0 aliphatic carbocycles. The van der Waals surface area contributed by atoms with Gasteiger partial charge < -0.3 is 10.5 Å². The first-order valence-electron chi connectivity index (χ1n) is 7.58. The number of thiocarbonyl (C=S) groups is 1. The van der Waals surface area contributed by atoms with Gasteiger partial charge >= 0.3 is 0 Å². The Morgan fingerprint density at radius 1 is 1.19 bits per heavy atom. The van der Waals surface area contributed by atoms with E-state index < -0.39 is 0 Å². The van der Waals surface area contributed by atoms with Crippen LogP contribution in [0.5, 0.6) is 5.75 Å². The maximum absolute atomic E-state index is 6.04. The predicted octanol–water partition coefficient (Wildman–Crippen LogP) is 4.76. The van der Waals surface area contributed by atoms with Crippen molar-refractivity contribution in [1.29, 1.82) is 0 Å². The van der Waals surface area contributed by atoms with E-state index in [4.69, 9.17) is 22.7 Å². The fourth-order valence-electron chi connectivity index (χ4n) is 2.19. The van der Waals surface area contributed by atoms with Crippen LogP contribution in [0.25, 0.3) is 0 Å². The summed E-state index contributed by atoms with van der Waals surface area (Å²) in [7, 11) is 0. The lowest BCUT2D eigenvalue weighted by Gasteiger charge is -2.25. The third-order valence-electron chi connectivity index (χ3n) is 3.82. The average molecular weight is 308 g/mol.